The second-order valence-electron chi connectivity index (χ2n) is 6.95. The quantitative estimate of drug-likeness (QED) is 0.588. The van der Waals surface area contributed by atoms with Gasteiger partial charge >= 0.3 is 5.69 Å². The van der Waals surface area contributed by atoms with Crippen molar-refractivity contribution in [2.45, 2.75) is 20.1 Å². The number of hydrogen-bond acceptors (Lipinski definition) is 4. The molecule has 0 spiro atoms. The summed E-state index contributed by atoms with van der Waals surface area (Å²) in [6, 6.07) is 12.5. The van der Waals surface area contributed by atoms with E-state index in [2.05, 4.69) is 41.6 Å². The lowest BCUT2D eigenvalue weighted by atomic mass is 10.1. The molecule has 2 aromatic heterocycles. The van der Waals surface area contributed by atoms with E-state index in [0.717, 1.165) is 37.7 Å². The van der Waals surface area contributed by atoms with Gasteiger partial charge in [0.1, 0.15) is 37.7 Å². The number of nitrogens with one attached hydrogen (secondary N) is 2. The van der Waals surface area contributed by atoms with Crippen LogP contribution in [0.3, 0.4) is 0 Å². The van der Waals surface area contributed by atoms with Crippen LogP contribution in [0.15, 0.2) is 46.6 Å². The molecule has 4 rings (SSSR count). The molecular formula is C18H24N6OS+2. The molecule has 0 atom stereocenters. The number of rotatable bonds is 5. The second-order valence-corrected chi connectivity index (χ2v) is 7.87. The number of quaternary nitrogens is 2. The molecule has 1 aliphatic heterocycles. The molecule has 0 bridgehead atoms. The Hall–Kier alpha value is -2.29. The van der Waals surface area contributed by atoms with Gasteiger partial charge in [-0.3, -0.25) is 0 Å². The van der Waals surface area contributed by atoms with Crippen molar-refractivity contribution < 1.29 is 9.80 Å². The van der Waals surface area contributed by atoms with Crippen LogP contribution in [-0.4, -0.2) is 46.0 Å². The Labute approximate surface area is 156 Å². The van der Waals surface area contributed by atoms with E-state index in [0.29, 0.717) is 6.67 Å². The topological polar surface area (TPSA) is 61.6 Å². The second kappa shape index (κ2) is 7.53. The first-order valence-corrected chi connectivity index (χ1v) is 9.86. The van der Waals surface area contributed by atoms with Crippen LogP contribution in [0.25, 0.3) is 5.00 Å². The molecule has 3 heterocycles. The first-order valence-electron chi connectivity index (χ1n) is 8.98. The van der Waals surface area contributed by atoms with Crippen LogP contribution in [-0.2, 0) is 13.2 Å². The van der Waals surface area contributed by atoms with Crippen LogP contribution in [0.4, 0.5) is 0 Å². The fourth-order valence-corrected chi connectivity index (χ4v) is 4.18. The van der Waals surface area contributed by atoms with E-state index in [1.54, 1.807) is 4.90 Å². The minimum Gasteiger partial charge on any atom is -0.322 e. The van der Waals surface area contributed by atoms with Crippen molar-refractivity contribution in [2.75, 3.05) is 26.2 Å². The Balaban J connectivity index is 1.34. The summed E-state index contributed by atoms with van der Waals surface area (Å²) in [5, 5.41) is 10.8. The molecule has 8 heteroatoms. The molecule has 0 amide bonds. The highest BCUT2D eigenvalue weighted by atomic mass is 32.1. The van der Waals surface area contributed by atoms with Gasteiger partial charge in [0.05, 0.1) is 0 Å². The molecule has 1 aliphatic rings. The normalized spacial score (nSPS) is 20.3. The molecule has 2 N–H and O–H groups in total. The third-order valence-electron chi connectivity index (χ3n) is 4.93. The van der Waals surface area contributed by atoms with Crippen molar-refractivity contribution in [2.24, 2.45) is 0 Å². The fourth-order valence-electron chi connectivity index (χ4n) is 3.52. The zero-order chi connectivity index (χ0) is 17.9. The lowest BCUT2D eigenvalue weighted by molar-refractivity contribution is -1.03. The Morgan fingerprint density at radius 1 is 1.08 bits per heavy atom. The maximum atomic E-state index is 12.5. The molecule has 1 aromatic carbocycles. The first kappa shape index (κ1) is 17.1. The monoisotopic (exact) mass is 372 g/mol. The number of nitrogens with zero attached hydrogens (tertiary/aromatic N) is 4. The summed E-state index contributed by atoms with van der Waals surface area (Å²) in [5.41, 5.74) is 2.56. The number of aromatic nitrogens is 4. The van der Waals surface area contributed by atoms with Crippen LogP contribution in [0.5, 0.6) is 0 Å². The Kier molecular flexibility index (Phi) is 4.96. The van der Waals surface area contributed by atoms with Gasteiger partial charge in [0.15, 0.2) is 6.67 Å². The van der Waals surface area contributed by atoms with E-state index in [-0.39, 0.29) is 5.69 Å². The highest BCUT2D eigenvalue weighted by molar-refractivity contribution is 7.12. The van der Waals surface area contributed by atoms with Crippen molar-refractivity contribution in [3.8, 4) is 5.00 Å². The molecule has 0 radical (unpaired) electrons. The largest absolute Gasteiger partial charge is 0.374 e. The van der Waals surface area contributed by atoms with Crippen LogP contribution in [0.1, 0.15) is 11.1 Å². The molecule has 0 saturated carbocycles. The van der Waals surface area contributed by atoms with E-state index in [9.17, 15) is 4.79 Å². The van der Waals surface area contributed by atoms with Crippen molar-refractivity contribution in [1.29, 1.82) is 0 Å². The molecule has 3 aromatic rings. The van der Waals surface area contributed by atoms with Gasteiger partial charge in [-0.2, -0.15) is 0 Å². The van der Waals surface area contributed by atoms with E-state index in [4.69, 9.17) is 0 Å². The molecule has 26 heavy (non-hydrogen) atoms. The number of aryl methyl sites for hydroxylation is 1. The van der Waals surface area contributed by atoms with Gasteiger partial charge in [0, 0.05) is 5.56 Å². The molecular weight excluding hydrogens is 348 g/mol. The standard InChI is InChI=1S/C18H22N6OS/c1-15-4-2-5-16(12-15)13-21-7-9-22(10-8-21)14-23-18(25)24(20-19-23)17-6-3-11-26-17/h2-6,11-12H,7-10,13-14H2,1H3/p+2. The number of piperazine rings is 1. The predicted molar refractivity (Wildman–Crippen MR) is 99.8 cm³/mol. The highest BCUT2D eigenvalue weighted by Gasteiger charge is 2.24. The van der Waals surface area contributed by atoms with E-state index < -0.39 is 0 Å². The maximum Gasteiger partial charge on any atom is 0.374 e. The summed E-state index contributed by atoms with van der Waals surface area (Å²) in [5.74, 6) is 0. The number of thiophene rings is 1. The van der Waals surface area contributed by atoms with Crippen LogP contribution >= 0.6 is 11.3 Å². The SMILES string of the molecule is Cc1cccc(C[NH+]2CC[NH+](Cn3nnn(-c4cccs4)c3=O)CC2)c1. The molecule has 1 saturated heterocycles. The van der Waals surface area contributed by atoms with Crippen LogP contribution in [0, 0.1) is 6.92 Å². The lowest BCUT2D eigenvalue weighted by Crippen LogP contribution is -3.27. The van der Waals surface area contributed by atoms with Gasteiger partial charge in [-0.05, 0) is 34.9 Å². The smallest absolute Gasteiger partial charge is 0.322 e. The third kappa shape index (κ3) is 3.77. The van der Waals surface area contributed by atoms with E-state index >= 15 is 0 Å². The summed E-state index contributed by atoms with van der Waals surface area (Å²) in [6.07, 6.45) is 0. The van der Waals surface area contributed by atoms with Crippen molar-refractivity contribution in [3.05, 3.63) is 63.4 Å². The Morgan fingerprint density at radius 3 is 2.62 bits per heavy atom. The van der Waals surface area contributed by atoms with Gasteiger partial charge in [-0.1, -0.05) is 29.8 Å². The van der Waals surface area contributed by atoms with Gasteiger partial charge in [-0.15, -0.1) is 20.7 Å². The molecule has 0 aliphatic carbocycles. The predicted octanol–water partition coefficient (Wildman–Crippen LogP) is -1.26. The van der Waals surface area contributed by atoms with Crippen molar-refractivity contribution >= 4 is 11.3 Å². The summed E-state index contributed by atoms with van der Waals surface area (Å²) in [4.78, 5) is 15.5. The first-order chi connectivity index (χ1) is 12.7. The average molecular weight is 372 g/mol. The summed E-state index contributed by atoms with van der Waals surface area (Å²) < 4.78 is 2.87. The number of tetrazole rings is 1. The fraction of sp³-hybridized carbons (Fsp3) is 0.389. The number of hydrogen-bond donors (Lipinski definition) is 2. The van der Waals surface area contributed by atoms with Gasteiger partial charge < -0.3 is 9.80 Å². The van der Waals surface area contributed by atoms with Gasteiger partial charge in [0.2, 0.25) is 0 Å². The van der Waals surface area contributed by atoms with Gasteiger partial charge in [0.25, 0.3) is 0 Å². The number of benzene rings is 1. The van der Waals surface area contributed by atoms with E-state index in [1.165, 1.54) is 36.7 Å². The molecule has 7 nitrogen and oxygen atoms in total. The van der Waals surface area contributed by atoms with Crippen LogP contribution in [0.2, 0.25) is 0 Å². The maximum absolute atomic E-state index is 12.5. The molecule has 136 valence electrons. The average Bonchev–Trinajstić information content (AvgIpc) is 3.27. The summed E-state index contributed by atoms with van der Waals surface area (Å²) in [7, 11) is 0. The van der Waals surface area contributed by atoms with Crippen molar-refractivity contribution in [3.63, 3.8) is 0 Å². The summed E-state index contributed by atoms with van der Waals surface area (Å²) >= 11 is 1.49. The lowest BCUT2D eigenvalue weighted by Gasteiger charge is -2.29. The Bertz CT molecular complexity index is 908. The van der Waals surface area contributed by atoms with Crippen molar-refractivity contribution in [1.82, 2.24) is 19.8 Å². The zero-order valence-electron chi connectivity index (χ0n) is 14.9. The minimum atomic E-state index is -0.158. The minimum absolute atomic E-state index is 0.158. The van der Waals surface area contributed by atoms with Gasteiger partial charge in [-0.25, -0.2) is 4.79 Å². The van der Waals surface area contributed by atoms with Crippen LogP contribution < -0.4 is 15.5 Å². The third-order valence-corrected chi connectivity index (χ3v) is 5.77. The van der Waals surface area contributed by atoms with E-state index in [1.807, 2.05) is 17.5 Å². The molecule has 0 unspecified atom stereocenters. The highest BCUT2D eigenvalue weighted by Crippen LogP contribution is 2.10. The zero-order valence-corrected chi connectivity index (χ0v) is 15.7. The molecule has 1 fully saturated rings. The Morgan fingerprint density at radius 2 is 1.88 bits per heavy atom. The summed E-state index contributed by atoms with van der Waals surface area (Å²) in [6.45, 7) is 8.10.